The lowest BCUT2D eigenvalue weighted by Gasteiger charge is -2.34. The summed E-state index contributed by atoms with van der Waals surface area (Å²) in [5, 5.41) is 3.30. The number of hydrogen-bond acceptors (Lipinski definition) is 3. The minimum absolute atomic E-state index is 0.105. The van der Waals surface area contributed by atoms with E-state index in [0.717, 1.165) is 31.6 Å². The van der Waals surface area contributed by atoms with Crippen LogP contribution >= 0.6 is 0 Å². The lowest BCUT2D eigenvalue weighted by atomic mass is 9.81. The minimum Gasteiger partial charge on any atom is -0.317 e. The van der Waals surface area contributed by atoms with Gasteiger partial charge in [-0.05, 0) is 51.0 Å². The number of rotatable bonds is 6. The van der Waals surface area contributed by atoms with Gasteiger partial charge < -0.3 is 5.32 Å². The van der Waals surface area contributed by atoms with Gasteiger partial charge in [0.2, 0.25) is 0 Å². The van der Waals surface area contributed by atoms with Crippen LogP contribution < -0.4 is 5.32 Å². The molecule has 4 heteroatoms. The van der Waals surface area contributed by atoms with Crippen LogP contribution in [0.2, 0.25) is 0 Å². The van der Waals surface area contributed by atoms with Crippen LogP contribution in [-0.2, 0) is 9.84 Å². The summed E-state index contributed by atoms with van der Waals surface area (Å²) >= 11 is 0. The summed E-state index contributed by atoms with van der Waals surface area (Å²) in [7, 11) is -0.851. The Bertz CT molecular complexity index is 338. The van der Waals surface area contributed by atoms with Crippen molar-refractivity contribution in [2.75, 3.05) is 13.3 Å². The predicted molar refractivity (Wildman–Crippen MR) is 77.5 cm³/mol. The van der Waals surface area contributed by atoms with E-state index in [-0.39, 0.29) is 5.25 Å². The fourth-order valence-corrected chi connectivity index (χ4v) is 4.26. The van der Waals surface area contributed by atoms with Crippen LogP contribution in [-0.4, -0.2) is 33.0 Å². The van der Waals surface area contributed by atoms with Crippen LogP contribution in [0.25, 0.3) is 0 Å². The molecule has 1 aliphatic carbocycles. The molecule has 0 aromatic carbocycles. The first-order valence-corrected chi connectivity index (χ1v) is 9.16. The molecule has 1 saturated carbocycles. The maximum atomic E-state index is 11.7. The molecule has 0 aromatic rings. The normalized spacial score (nSPS) is 27.4. The van der Waals surface area contributed by atoms with Crippen molar-refractivity contribution in [2.24, 2.45) is 11.8 Å². The minimum atomic E-state index is -2.86. The Morgan fingerprint density at radius 1 is 1.22 bits per heavy atom. The number of hydrogen-bond donors (Lipinski definition) is 1. The third-order valence-corrected chi connectivity index (χ3v) is 5.91. The molecule has 0 bridgehead atoms. The van der Waals surface area contributed by atoms with Crippen LogP contribution in [0.3, 0.4) is 0 Å². The summed E-state index contributed by atoms with van der Waals surface area (Å²) in [6.45, 7) is 4.49. The fourth-order valence-electron chi connectivity index (χ4n) is 3.06. The Morgan fingerprint density at radius 3 is 2.39 bits per heavy atom. The van der Waals surface area contributed by atoms with E-state index in [1.807, 2.05) is 7.05 Å². The van der Waals surface area contributed by atoms with Gasteiger partial charge in [0.25, 0.3) is 0 Å². The van der Waals surface area contributed by atoms with E-state index in [9.17, 15) is 8.42 Å². The van der Waals surface area contributed by atoms with Crippen LogP contribution in [0.1, 0.15) is 52.4 Å². The molecule has 1 fully saturated rings. The molecule has 0 radical (unpaired) electrons. The number of nitrogens with one attached hydrogen (secondary N) is 1. The first kappa shape index (κ1) is 16.0. The van der Waals surface area contributed by atoms with Crippen molar-refractivity contribution in [1.82, 2.24) is 5.32 Å². The van der Waals surface area contributed by atoms with E-state index in [4.69, 9.17) is 0 Å². The van der Waals surface area contributed by atoms with Gasteiger partial charge >= 0.3 is 0 Å². The van der Waals surface area contributed by atoms with Crippen LogP contribution in [0.5, 0.6) is 0 Å². The molecule has 0 saturated heterocycles. The van der Waals surface area contributed by atoms with E-state index in [1.165, 1.54) is 19.1 Å². The monoisotopic (exact) mass is 275 g/mol. The third kappa shape index (κ3) is 4.88. The summed E-state index contributed by atoms with van der Waals surface area (Å²) < 4.78 is 23.4. The molecule has 1 N–H and O–H groups in total. The lowest BCUT2D eigenvalue weighted by molar-refractivity contribution is 0.259. The lowest BCUT2D eigenvalue weighted by Crippen LogP contribution is -2.39. The largest absolute Gasteiger partial charge is 0.317 e. The average Bonchev–Trinajstić information content (AvgIpc) is 2.29. The fraction of sp³-hybridized carbons (Fsp3) is 1.00. The summed E-state index contributed by atoms with van der Waals surface area (Å²) in [5.41, 5.74) is 0. The number of sulfone groups is 1. The zero-order chi connectivity index (χ0) is 13.8. The van der Waals surface area contributed by atoms with Crippen LogP contribution in [0.4, 0.5) is 0 Å². The quantitative estimate of drug-likeness (QED) is 0.810. The Balaban J connectivity index is 2.58. The van der Waals surface area contributed by atoms with Gasteiger partial charge in [0.1, 0.15) is 9.84 Å². The van der Waals surface area contributed by atoms with Crippen molar-refractivity contribution >= 4 is 9.84 Å². The van der Waals surface area contributed by atoms with E-state index in [2.05, 4.69) is 19.2 Å². The zero-order valence-corrected chi connectivity index (χ0v) is 13.1. The molecular formula is C14H29NO2S. The van der Waals surface area contributed by atoms with Crippen LogP contribution in [0.15, 0.2) is 0 Å². The van der Waals surface area contributed by atoms with Gasteiger partial charge in [-0.25, -0.2) is 8.42 Å². The first-order chi connectivity index (χ1) is 8.34. The van der Waals surface area contributed by atoms with E-state index in [1.54, 1.807) is 0 Å². The molecule has 1 rings (SSSR count). The molecule has 0 amide bonds. The second-order valence-corrected chi connectivity index (χ2v) is 8.57. The van der Waals surface area contributed by atoms with Crippen molar-refractivity contribution in [2.45, 2.75) is 63.7 Å². The molecule has 0 aromatic heterocycles. The van der Waals surface area contributed by atoms with Crippen LogP contribution in [0, 0.1) is 11.8 Å². The van der Waals surface area contributed by atoms with Crippen molar-refractivity contribution in [3.8, 4) is 0 Å². The third-order valence-electron chi connectivity index (χ3n) is 4.27. The molecule has 0 spiro atoms. The Kier molecular flexibility index (Phi) is 6.12. The van der Waals surface area contributed by atoms with E-state index >= 15 is 0 Å². The second kappa shape index (κ2) is 6.90. The van der Waals surface area contributed by atoms with Gasteiger partial charge in [-0.1, -0.05) is 20.3 Å². The topological polar surface area (TPSA) is 46.2 Å². The van der Waals surface area contributed by atoms with Gasteiger partial charge in [0, 0.05) is 12.3 Å². The molecule has 1 aliphatic rings. The molecule has 0 aliphatic heterocycles. The highest BCUT2D eigenvalue weighted by molar-refractivity contribution is 7.91. The Morgan fingerprint density at radius 2 is 1.89 bits per heavy atom. The van der Waals surface area contributed by atoms with Gasteiger partial charge in [0.05, 0.1) is 5.25 Å². The van der Waals surface area contributed by atoms with Crippen molar-refractivity contribution in [1.29, 1.82) is 0 Å². The molecule has 108 valence electrons. The maximum absolute atomic E-state index is 11.7. The second-order valence-electron chi connectivity index (χ2n) is 6.24. The summed E-state index contributed by atoms with van der Waals surface area (Å²) in [4.78, 5) is 0. The Hall–Kier alpha value is -0.0900. The van der Waals surface area contributed by atoms with Crippen molar-refractivity contribution < 1.29 is 8.42 Å². The van der Waals surface area contributed by atoms with Gasteiger partial charge in [0.15, 0.2) is 0 Å². The Labute approximate surface area is 113 Å². The van der Waals surface area contributed by atoms with E-state index in [0.29, 0.717) is 12.0 Å². The highest BCUT2D eigenvalue weighted by Gasteiger charge is 2.32. The maximum Gasteiger partial charge on any atom is 0.150 e. The summed E-state index contributed by atoms with van der Waals surface area (Å²) in [6.07, 6.45) is 7.71. The molecular weight excluding hydrogens is 246 g/mol. The highest BCUT2D eigenvalue weighted by atomic mass is 32.2. The first-order valence-electron chi connectivity index (χ1n) is 7.20. The summed E-state index contributed by atoms with van der Waals surface area (Å²) in [5.74, 6) is 1.25. The zero-order valence-electron chi connectivity index (χ0n) is 12.3. The van der Waals surface area contributed by atoms with Gasteiger partial charge in [-0.3, -0.25) is 0 Å². The molecule has 3 unspecified atom stereocenters. The predicted octanol–water partition coefficient (Wildman–Crippen LogP) is 2.61. The smallest absolute Gasteiger partial charge is 0.150 e. The molecule has 18 heavy (non-hydrogen) atoms. The average molecular weight is 275 g/mol. The van der Waals surface area contributed by atoms with Gasteiger partial charge in [-0.2, -0.15) is 0 Å². The SMILES string of the molecule is CNC(CCC(C)C)C1CCCC(S(C)(=O)=O)C1. The molecule has 0 heterocycles. The van der Waals surface area contributed by atoms with Gasteiger partial charge in [-0.15, -0.1) is 0 Å². The van der Waals surface area contributed by atoms with E-state index < -0.39 is 9.84 Å². The summed E-state index contributed by atoms with van der Waals surface area (Å²) in [6, 6.07) is 0.483. The highest BCUT2D eigenvalue weighted by Crippen LogP contribution is 2.32. The van der Waals surface area contributed by atoms with Crippen molar-refractivity contribution in [3.05, 3.63) is 0 Å². The standard InChI is InChI=1S/C14H29NO2S/c1-11(2)8-9-14(15-3)12-6-5-7-13(10-12)18(4,16)17/h11-15H,5-10H2,1-4H3. The van der Waals surface area contributed by atoms with Crippen molar-refractivity contribution in [3.63, 3.8) is 0 Å². The molecule has 3 atom stereocenters. The molecule has 3 nitrogen and oxygen atoms in total.